The molecule has 0 bridgehead atoms. The molecule has 0 aliphatic rings. The molecule has 0 spiro atoms. The van der Waals surface area contributed by atoms with E-state index in [2.05, 4.69) is 15.6 Å². The van der Waals surface area contributed by atoms with E-state index in [1.807, 2.05) is 12.1 Å². The zero-order chi connectivity index (χ0) is 21.9. The number of benzene rings is 3. The number of amides is 1. The largest absolute Gasteiger partial charge is 0.416 e. The van der Waals surface area contributed by atoms with Crippen molar-refractivity contribution < 1.29 is 18.0 Å². The fraction of sp³-hybridized carbons (Fsp3) is 0.143. The summed E-state index contributed by atoms with van der Waals surface area (Å²) >= 11 is 0. The topological polar surface area (TPSA) is 104 Å². The number of carbonyl (C=O) groups excluding carboxylic acids is 1. The number of fused-ring (bicyclic) bond motifs is 1. The Balaban J connectivity index is 1.91. The molecular formula is C21H18F3N5O. The second-order valence-corrected chi connectivity index (χ2v) is 6.64. The molecule has 3 aromatic carbocycles. The number of amidine groups is 1. The Bertz CT molecular complexity index is 1120. The predicted molar refractivity (Wildman–Crippen MR) is 108 cm³/mol. The maximum absolute atomic E-state index is 12.8. The van der Waals surface area contributed by atoms with Gasteiger partial charge in [-0.1, -0.05) is 41.6 Å². The van der Waals surface area contributed by atoms with E-state index in [1.165, 1.54) is 12.1 Å². The van der Waals surface area contributed by atoms with Crippen LogP contribution in [0.2, 0.25) is 0 Å². The molecule has 0 aliphatic carbocycles. The molecule has 3 rings (SSSR count). The van der Waals surface area contributed by atoms with E-state index in [9.17, 15) is 18.0 Å². The number of rotatable bonds is 5. The van der Waals surface area contributed by atoms with E-state index < -0.39 is 17.8 Å². The molecule has 3 aromatic rings. The smallest absolute Gasteiger partial charge is 0.384 e. The van der Waals surface area contributed by atoms with Crippen LogP contribution in [0.1, 0.15) is 22.8 Å². The number of nitrogens with one attached hydrogen (secondary N) is 2. The summed E-state index contributed by atoms with van der Waals surface area (Å²) in [5.41, 5.74) is 13.4. The highest BCUT2D eigenvalue weighted by atomic mass is 19.4. The molecule has 1 unspecified atom stereocenters. The van der Waals surface area contributed by atoms with Crippen LogP contribution in [0.25, 0.3) is 21.9 Å². The molecule has 1 amide bonds. The lowest BCUT2D eigenvalue weighted by atomic mass is 9.96. The molecule has 30 heavy (non-hydrogen) atoms. The standard InChI is InChI=1S/C21H18F3N5O/c1-12(19(25)28-29-26)27-20(30)15-7-10-18-14(11-15)3-2-4-17(18)13-5-8-16(9-6-13)21(22,23)24/h2-12H,1H3,(H,27,30)(H3,25,26,28). The van der Waals surface area contributed by atoms with Crippen LogP contribution < -0.4 is 11.1 Å². The first kappa shape index (κ1) is 21.0. The second kappa shape index (κ2) is 8.32. The van der Waals surface area contributed by atoms with Gasteiger partial charge in [0.1, 0.15) is 5.84 Å². The van der Waals surface area contributed by atoms with Gasteiger partial charge in [0.05, 0.1) is 11.6 Å². The average Bonchev–Trinajstić information content (AvgIpc) is 2.72. The third-order valence-electron chi connectivity index (χ3n) is 4.62. The normalized spacial score (nSPS) is 13.1. The van der Waals surface area contributed by atoms with Gasteiger partial charge in [-0.2, -0.15) is 18.7 Å². The Morgan fingerprint density at radius 2 is 1.80 bits per heavy atom. The minimum atomic E-state index is -4.39. The highest BCUT2D eigenvalue weighted by Gasteiger charge is 2.30. The fourth-order valence-electron chi connectivity index (χ4n) is 3.01. The zero-order valence-electron chi connectivity index (χ0n) is 15.9. The van der Waals surface area contributed by atoms with Gasteiger partial charge in [0.25, 0.3) is 5.91 Å². The Kier molecular flexibility index (Phi) is 5.81. The van der Waals surface area contributed by atoms with E-state index in [0.717, 1.165) is 28.5 Å². The van der Waals surface area contributed by atoms with E-state index in [0.29, 0.717) is 11.1 Å². The Labute approximate surface area is 170 Å². The van der Waals surface area contributed by atoms with Crippen LogP contribution in [0.5, 0.6) is 0 Å². The van der Waals surface area contributed by atoms with Gasteiger partial charge in [-0.05, 0) is 53.1 Å². The zero-order valence-corrected chi connectivity index (χ0v) is 15.9. The summed E-state index contributed by atoms with van der Waals surface area (Å²) < 4.78 is 38.4. The molecular weight excluding hydrogens is 395 g/mol. The van der Waals surface area contributed by atoms with Crippen molar-refractivity contribution in [2.45, 2.75) is 19.1 Å². The van der Waals surface area contributed by atoms with Crippen LogP contribution in [0, 0.1) is 5.53 Å². The molecule has 4 N–H and O–H groups in total. The van der Waals surface area contributed by atoms with Crippen LogP contribution >= 0.6 is 0 Å². The summed E-state index contributed by atoms with van der Waals surface area (Å²) in [4.78, 5) is 12.5. The maximum atomic E-state index is 12.8. The van der Waals surface area contributed by atoms with Crippen molar-refractivity contribution in [2.24, 2.45) is 16.1 Å². The lowest BCUT2D eigenvalue weighted by molar-refractivity contribution is -0.137. The Morgan fingerprint density at radius 1 is 1.10 bits per heavy atom. The van der Waals surface area contributed by atoms with Gasteiger partial charge in [-0.15, -0.1) is 5.10 Å². The molecule has 1 atom stereocenters. The van der Waals surface area contributed by atoms with Crippen molar-refractivity contribution >= 4 is 22.5 Å². The highest BCUT2D eigenvalue weighted by Crippen LogP contribution is 2.33. The summed E-state index contributed by atoms with van der Waals surface area (Å²) in [5.74, 6) is -0.379. The second-order valence-electron chi connectivity index (χ2n) is 6.64. The van der Waals surface area contributed by atoms with Gasteiger partial charge in [0, 0.05) is 5.56 Å². The van der Waals surface area contributed by atoms with Crippen molar-refractivity contribution in [1.29, 1.82) is 5.53 Å². The van der Waals surface area contributed by atoms with Crippen molar-refractivity contribution in [3.05, 3.63) is 71.8 Å². The summed E-state index contributed by atoms with van der Waals surface area (Å²) in [6.45, 7) is 1.62. The average molecular weight is 413 g/mol. The van der Waals surface area contributed by atoms with Crippen molar-refractivity contribution in [3.63, 3.8) is 0 Å². The van der Waals surface area contributed by atoms with E-state index >= 15 is 0 Å². The molecule has 0 saturated carbocycles. The SMILES string of the molecule is CC(NC(=O)c1ccc2c(-c3ccc(C(F)(F)F)cc3)cccc2c1)C(N)=NN=N. The minimum absolute atomic E-state index is 0.00345. The number of hydrogen-bond donors (Lipinski definition) is 3. The summed E-state index contributed by atoms with van der Waals surface area (Å²) in [6, 6.07) is 14.8. The minimum Gasteiger partial charge on any atom is -0.384 e. The number of nitrogens with two attached hydrogens (primary N) is 1. The van der Waals surface area contributed by atoms with Gasteiger partial charge in [-0.3, -0.25) is 4.79 Å². The van der Waals surface area contributed by atoms with E-state index in [-0.39, 0.29) is 11.7 Å². The number of carbonyl (C=O) groups is 1. The van der Waals surface area contributed by atoms with Crippen LogP contribution in [-0.2, 0) is 6.18 Å². The van der Waals surface area contributed by atoms with Crippen LogP contribution in [0.3, 0.4) is 0 Å². The van der Waals surface area contributed by atoms with Crippen molar-refractivity contribution in [3.8, 4) is 11.1 Å². The predicted octanol–water partition coefficient (Wildman–Crippen LogP) is 4.95. The number of nitrogens with zero attached hydrogens (tertiary/aromatic N) is 2. The van der Waals surface area contributed by atoms with Gasteiger partial charge in [0.15, 0.2) is 0 Å². The van der Waals surface area contributed by atoms with Crippen molar-refractivity contribution in [2.75, 3.05) is 0 Å². The monoisotopic (exact) mass is 413 g/mol. The first-order valence-corrected chi connectivity index (χ1v) is 8.92. The molecule has 0 aliphatic heterocycles. The quantitative estimate of drug-likeness (QED) is 0.238. The molecule has 0 radical (unpaired) electrons. The van der Waals surface area contributed by atoms with E-state index in [4.69, 9.17) is 11.3 Å². The summed E-state index contributed by atoms with van der Waals surface area (Å²) in [7, 11) is 0. The lowest BCUT2D eigenvalue weighted by Gasteiger charge is -2.13. The lowest BCUT2D eigenvalue weighted by Crippen LogP contribution is -2.42. The summed E-state index contributed by atoms with van der Waals surface area (Å²) in [6.07, 6.45) is -4.39. The van der Waals surface area contributed by atoms with Gasteiger partial charge < -0.3 is 11.1 Å². The van der Waals surface area contributed by atoms with E-state index in [1.54, 1.807) is 31.2 Å². The molecule has 0 fully saturated rings. The molecule has 0 heterocycles. The van der Waals surface area contributed by atoms with Gasteiger partial charge in [0.2, 0.25) is 0 Å². The summed E-state index contributed by atoms with van der Waals surface area (Å²) in [5, 5.41) is 10.5. The van der Waals surface area contributed by atoms with Crippen molar-refractivity contribution in [1.82, 2.24) is 5.32 Å². The first-order valence-electron chi connectivity index (χ1n) is 8.92. The first-order chi connectivity index (χ1) is 14.2. The molecule has 154 valence electrons. The number of halogens is 3. The van der Waals surface area contributed by atoms with Gasteiger partial charge >= 0.3 is 6.18 Å². The van der Waals surface area contributed by atoms with Crippen LogP contribution in [-0.4, -0.2) is 17.8 Å². The Hall–Kier alpha value is -3.75. The van der Waals surface area contributed by atoms with Crippen LogP contribution in [0.15, 0.2) is 71.0 Å². The maximum Gasteiger partial charge on any atom is 0.416 e. The highest BCUT2D eigenvalue weighted by molar-refractivity contribution is 6.04. The molecule has 0 aromatic heterocycles. The molecule has 6 nitrogen and oxygen atoms in total. The Morgan fingerprint density at radius 3 is 2.43 bits per heavy atom. The number of hydrogen-bond acceptors (Lipinski definition) is 3. The van der Waals surface area contributed by atoms with Crippen LogP contribution in [0.4, 0.5) is 13.2 Å². The number of alkyl halides is 3. The van der Waals surface area contributed by atoms with Gasteiger partial charge in [-0.25, -0.2) is 0 Å². The third kappa shape index (κ3) is 4.45. The third-order valence-corrected chi connectivity index (χ3v) is 4.62. The molecule has 9 heteroatoms. The fourth-order valence-corrected chi connectivity index (χ4v) is 3.01. The molecule has 0 saturated heterocycles.